The molecular weight excluding hydrogens is 374 g/mol. The highest BCUT2D eigenvalue weighted by Crippen LogP contribution is 2.32. The van der Waals surface area contributed by atoms with E-state index in [0.717, 1.165) is 27.4 Å². The van der Waals surface area contributed by atoms with Crippen LogP contribution in [0.2, 0.25) is 0 Å². The normalized spacial score (nSPS) is 11.0. The van der Waals surface area contributed by atoms with Gasteiger partial charge in [-0.2, -0.15) is 0 Å². The van der Waals surface area contributed by atoms with Crippen LogP contribution in [0.3, 0.4) is 0 Å². The number of carbonyl (C=O) groups excluding carboxylic acids is 1. The predicted molar refractivity (Wildman–Crippen MR) is 104 cm³/mol. The number of carbonyl (C=O) groups is 1. The zero-order valence-electron chi connectivity index (χ0n) is 13.2. The predicted octanol–water partition coefficient (Wildman–Crippen LogP) is 5.31. The van der Waals surface area contributed by atoms with E-state index in [1.807, 2.05) is 49.3 Å². The molecule has 0 aromatic heterocycles. The van der Waals surface area contributed by atoms with E-state index >= 15 is 0 Å². The van der Waals surface area contributed by atoms with Gasteiger partial charge < -0.3 is 4.90 Å². The largest absolute Gasteiger partial charge is 0.309 e. The van der Waals surface area contributed by atoms with E-state index in [1.165, 1.54) is 10.8 Å². The van der Waals surface area contributed by atoms with E-state index in [4.69, 9.17) is 0 Å². The van der Waals surface area contributed by atoms with Gasteiger partial charge in [-0.1, -0.05) is 52.3 Å². The first kappa shape index (κ1) is 17.9. The lowest BCUT2D eigenvalue weighted by Gasteiger charge is -2.10. The first-order valence-electron chi connectivity index (χ1n) is 7.35. The van der Waals surface area contributed by atoms with Crippen LogP contribution < -0.4 is 0 Å². The number of fused-ring (bicyclic) bond motifs is 3. The van der Waals surface area contributed by atoms with Crippen molar-refractivity contribution >= 4 is 55.7 Å². The molecule has 120 valence electrons. The maximum absolute atomic E-state index is 12.4. The summed E-state index contributed by atoms with van der Waals surface area (Å²) in [7, 11) is 3.97. The Balaban J connectivity index is 0.00000192. The smallest absolute Gasteiger partial charge is 0.164 e. The summed E-state index contributed by atoms with van der Waals surface area (Å²) in [6, 6.07) is 16.4. The molecule has 4 heteroatoms. The monoisotopic (exact) mass is 391 g/mol. The van der Waals surface area contributed by atoms with Crippen LogP contribution in [0.5, 0.6) is 0 Å². The first-order chi connectivity index (χ1) is 10.6. The van der Waals surface area contributed by atoms with Crippen molar-refractivity contribution in [1.29, 1.82) is 0 Å². The fourth-order valence-corrected chi connectivity index (χ4v) is 3.29. The summed E-state index contributed by atoms with van der Waals surface area (Å²) >= 11 is 3.63. The molecule has 0 spiro atoms. The third kappa shape index (κ3) is 3.74. The third-order valence-corrected chi connectivity index (χ3v) is 4.57. The first-order valence-corrected chi connectivity index (χ1v) is 8.14. The fraction of sp³-hybridized carbons (Fsp3) is 0.211. The van der Waals surface area contributed by atoms with E-state index in [2.05, 4.69) is 34.1 Å². The van der Waals surface area contributed by atoms with E-state index in [0.29, 0.717) is 6.42 Å². The van der Waals surface area contributed by atoms with Gasteiger partial charge in [0.25, 0.3) is 0 Å². The van der Waals surface area contributed by atoms with Gasteiger partial charge in [-0.15, -0.1) is 12.4 Å². The van der Waals surface area contributed by atoms with E-state index in [-0.39, 0.29) is 18.2 Å². The molecule has 0 fully saturated rings. The van der Waals surface area contributed by atoms with Gasteiger partial charge in [0.15, 0.2) is 5.78 Å². The molecule has 0 aliphatic carbocycles. The van der Waals surface area contributed by atoms with Crippen LogP contribution >= 0.6 is 28.3 Å². The summed E-state index contributed by atoms with van der Waals surface area (Å²) in [5.41, 5.74) is 0.793. The SMILES string of the molecule is CN(C)CCC(=O)c1ccc2cc(Br)c3ccccc3c2c1.Cl. The van der Waals surface area contributed by atoms with Crippen molar-refractivity contribution in [3.05, 3.63) is 58.6 Å². The fourth-order valence-electron chi connectivity index (χ4n) is 2.70. The molecule has 0 unspecified atom stereocenters. The molecule has 0 radical (unpaired) electrons. The van der Waals surface area contributed by atoms with Gasteiger partial charge >= 0.3 is 0 Å². The van der Waals surface area contributed by atoms with Crippen molar-refractivity contribution < 1.29 is 4.79 Å². The average Bonchev–Trinajstić information content (AvgIpc) is 2.52. The number of nitrogens with zero attached hydrogens (tertiary/aromatic N) is 1. The lowest BCUT2D eigenvalue weighted by Crippen LogP contribution is -2.16. The summed E-state index contributed by atoms with van der Waals surface area (Å²) in [4.78, 5) is 14.4. The van der Waals surface area contributed by atoms with E-state index in [9.17, 15) is 4.79 Å². The third-order valence-electron chi connectivity index (χ3n) is 3.92. The number of hydrogen-bond donors (Lipinski definition) is 0. The minimum Gasteiger partial charge on any atom is -0.309 e. The zero-order chi connectivity index (χ0) is 15.7. The second-order valence-corrected chi connectivity index (χ2v) is 6.67. The summed E-state index contributed by atoms with van der Waals surface area (Å²) in [6.07, 6.45) is 0.549. The van der Waals surface area contributed by atoms with Crippen molar-refractivity contribution in [1.82, 2.24) is 4.90 Å². The van der Waals surface area contributed by atoms with E-state index in [1.54, 1.807) is 0 Å². The Bertz CT molecular complexity index is 860. The summed E-state index contributed by atoms with van der Waals surface area (Å²) in [5, 5.41) is 4.63. The molecule has 0 heterocycles. The van der Waals surface area contributed by atoms with Crippen LogP contribution in [0.1, 0.15) is 16.8 Å². The maximum Gasteiger partial charge on any atom is 0.164 e. The van der Waals surface area contributed by atoms with Crippen LogP contribution in [0.25, 0.3) is 21.5 Å². The van der Waals surface area contributed by atoms with Crippen molar-refractivity contribution in [2.45, 2.75) is 6.42 Å². The molecule has 0 aliphatic rings. The Labute approximate surface area is 151 Å². The minimum atomic E-state index is 0. The minimum absolute atomic E-state index is 0. The summed E-state index contributed by atoms with van der Waals surface area (Å²) in [6.45, 7) is 0.776. The Morgan fingerprint density at radius 2 is 1.70 bits per heavy atom. The number of halogens is 2. The quantitative estimate of drug-likeness (QED) is 0.443. The van der Waals surface area contributed by atoms with Gasteiger partial charge in [-0.05, 0) is 47.8 Å². The Morgan fingerprint density at radius 3 is 2.39 bits per heavy atom. The van der Waals surface area contributed by atoms with Crippen LogP contribution in [-0.4, -0.2) is 31.3 Å². The molecule has 3 aromatic carbocycles. The van der Waals surface area contributed by atoms with Gasteiger partial charge in [-0.25, -0.2) is 0 Å². The number of Topliss-reactive ketones (excluding diaryl/α,β-unsaturated/α-hetero) is 1. The summed E-state index contributed by atoms with van der Waals surface area (Å²) in [5.74, 6) is 0.197. The Kier molecular flexibility index (Phi) is 5.79. The van der Waals surface area contributed by atoms with Crippen LogP contribution in [0.4, 0.5) is 0 Å². The number of rotatable bonds is 4. The van der Waals surface area contributed by atoms with Crippen LogP contribution in [0.15, 0.2) is 53.0 Å². The van der Waals surface area contributed by atoms with Crippen molar-refractivity contribution in [3.63, 3.8) is 0 Å². The molecule has 0 amide bonds. The lowest BCUT2D eigenvalue weighted by atomic mass is 9.98. The molecular formula is C19H19BrClNO. The maximum atomic E-state index is 12.4. The molecule has 3 aromatic rings. The van der Waals surface area contributed by atoms with Crippen molar-refractivity contribution in [3.8, 4) is 0 Å². The molecule has 0 atom stereocenters. The number of ketones is 1. The standard InChI is InChI=1S/C19H18BrNO.ClH/c1-21(2)10-9-19(22)14-8-7-13-12-18(20)16-6-4-3-5-15(16)17(13)11-14;/h3-8,11-12H,9-10H2,1-2H3;1H. The molecule has 0 aliphatic heterocycles. The lowest BCUT2D eigenvalue weighted by molar-refractivity contribution is 0.0972. The highest BCUT2D eigenvalue weighted by molar-refractivity contribution is 9.10. The zero-order valence-corrected chi connectivity index (χ0v) is 15.6. The van der Waals surface area contributed by atoms with E-state index < -0.39 is 0 Å². The topological polar surface area (TPSA) is 20.3 Å². The highest BCUT2D eigenvalue weighted by atomic mass is 79.9. The van der Waals surface area contributed by atoms with Gasteiger partial charge in [-0.3, -0.25) is 4.79 Å². The average molecular weight is 393 g/mol. The van der Waals surface area contributed by atoms with Gasteiger partial charge in [0, 0.05) is 23.0 Å². The Hall–Kier alpha value is -1.42. The van der Waals surface area contributed by atoms with Gasteiger partial charge in [0.05, 0.1) is 0 Å². The molecule has 0 saturated carbocycles. The second kappa shape index (κ2) is 7.43. The second-order valence-electron chi connectivity index (χ2n) is 5.82. The molecule has 2 nitrogen and oxygen atoms in total. The van der Waals surface area contributed by atoms with Gasteiger partial charge in [0.2, 0.25) is 0 Å². The van der Waals surface area contributed by atoms with Crippen LogP contribution in [-0.2, 0) is 0 Å². The Morgan fingerprint density at radius 1 is 1.00 bits per heavy atom. The molecule has 23 heavy (non-hydrogen) atoms. The highest BCUT2D eigenvalue weighted by Gasteiger charge is 2.10. The molecule has 0 saturated heterocycles. The van der Waals surface area contributed by atoms with Gasteiger partial charge in [0.1, 0.15) is 0 Å². The van der Waals surface area contributed by atoms with Crippen molar-refractivity contribution in [2.75, 3.05) is 20.6 Å². The molecule has 3 rings (SSSR count). The summed E-state index contributed by atoms with van der Waals surface area (Å²) < 4.78 is 1.09. The number of hydrogen-bond acceptors (Lipinski definition) is 2. The number of benzene rings is 3. The molecule has 0 N–H and O–H groups in total. The van der Waals surface area contributed by atoms with Crippen LogP contribution in [0, 0.1) is 0 Å². The molecule has 0 bridgehead atoms. The van der Waals surface area contributed by atoms with Crippen molar-refractivity contribution in [2.24, 2.45) is 0 Å².